The predicted molar refractivity (Wildman–Crippen MR) is 315 cm³/mol. The van der Waals surface area contributed by atoms with Gasteiger partial charge in [-0.2, -0.15) is 0 Å². The van der Waals surface area contributed by atoms with Crippen molar-refractivity contribution in [3.8, 4) is 34.5 Å². The lowest BCUT2D eigenvalue weighted by molar-refractivity contribution is 0.519. The third kappa shape index (κ3) is 8.39. The van der Waals surface area contributed by atoms with Crippen LogP contribution in [0.2, 0.25) is 0 Å². The zero-order valence-electron chi connectivity index (χ0n) is 33.9. The van der Waals surface area contributed by atoms with E-state index in [2.05, 4.69) is 37.5 Å². The van der Waals surface area contributed by atoms with Gasteiger partial charge in [0.25, 0.3) is 0 Å². The second kappa shape index (κ2) is 18.6. The Morgan fingerprint density at radius 3 is 0.621 bits per heavy atom. The number of benzene rings is 3. The molecule has 30 heteroatoms. The predicted octanol–water partition coefficient (Wildman–Crippen LogP) is 21.2. The Morgan fingerprint density at radius 1 is 0.288 bits per heavy atom. The average molecular weight is 1260 g/mol. The first-order chi connectivity index (χ1) is 32.1. The molecule has 0 bridgehead atoms. The molecule has 0 N–H and O–H groups in total. The van der Waals surface area contributed by atoms with Crippen LogP contribution in [-0.4, -0.2) is 37.5 Å². The molecule has 0 saturated carbocycles. The van der Waals surface area contributed by atoms with Crippen molar-refractivity contribution in [3.05, 3.63) is 87.2 Å². The lowest BCUT2D eigenvalue weighted by atomic mass is 10.3. The summed E-state index contributed by atoms with van der Waals surface area (Å²) in [6, 6.07) is 12.3. The van der Waals surface area contributed by atoms with Gasteiger partial charge in [0, 0.05) is 29.4 Å². The Morgan fingerprint density at radius 2 is 0.455 bits per heavy atom. The van der Waals surface area contributed by atoms with E-state index in [-0.39, 0.29) is 0 Å². The Kier molecular flexibility index (Phi) is 13.4. The molecule has 0 saturated heterocycles. The number of rotatable bonds is 6. The van der Waals surface area contributed by atoms with Crippen LogP contribution in [0.3, 0.4) is 0 Å². The first-order valence-electron chi connectivity index (χ1n) is 18.6. The fourth-order valence-corrected chi connectivity index (χ4v) is 39.3. The van der Waals surface area contributed by atoms with Crippen molar-refractivity contribution in [2.45, 2.75) is 29.4 Å². The Labute approximate surface area is 457 Å². The van der Waals surface area contributed by atoms with E-state index in [0.29, 0.717) is 34.5 Å². The van der Waals surface area contributed by atoms with Gasteiger partial charge in [-0.05, 0) is 73.9 Å². The molecule has 3 spiro atoms. The van der Waals surface area contributed by atoms with Crippen LogP contribution in [-0.2, 0) is 0 Å². The van der Waals surface area contributed by atoms with E-state index in [9.17, 15) is 0 Å². The molecule has 9 nitrogen and oxygen atoms in total. The topological polar surface area (TPSA) is 92.5 Å². The number of hydrogen-bond acceptors (Lipinski definition) is 27. The van der Waals surface area contributed by atoms with Gasteiger partial charge in [0.2, 0.25) is 0 Å². The molecule has 10 heterocycles. The second-order valence-corrected chi connectivity index (χ2v) is 40.0. The maximum absolute atomic E-state index is 6.85. The minimum atomic E-state index is -3.57. The Balaban J connectivity index is 0.837. The molecule has 10 aliphatic rings. The third-order valence-electron chi connectivity index (χ3n) is 9.45. The van der Waals surface area contributed by atoms with Gasteiger partial charge in [-0.15, -0.1) is 70.6 Å². The van der Waals surface area contributed by atoms with Crippen molar-refractivity contribution in [2.75, 3.05) is 37.5 Å². The van der Waals surface area contributed by atoms with E-state index >= 15 is 0 Å². The molecule has 0 fully saturated rings. The van der Waals surface area contributed by atoms with Gasteiger partial charge in [-0.3, -0.25) is 0 Å². The lowest BCUT2D eigenvalue weighted by Crippen LogP contribution is -2.02. The van der Waals surface area contributed by atoms with Crippen LogP contribution in [0.25, 0.3) is 0 Å². The normalized spacial score (nSPS) is 22.8. The first-order valence-corrected chi connectivity index (χ1v) is 40.3. The van der Waals surface area contributed by atoms with Gasteiger partial charge in [0.05, 0.1) is 50.8 Å². The van der Waals surface area contributed by atoms with Gasteiger partial charge >= 0.3 is 23.0 Å². The highest BCUT2D eigenvalue weighted by Crippen LogP contribution is 2.84. The highest BCUT2D eigenvalue weighted by Gasteiger charge is 2.55. The maximum atomic E-state index is 6.85. The molecule has 66 heavy (non-hydrogen) atoms. The van der Waals surface area contributed by atoms with Crippen molar-refractivity contribution in [2.24, 2.45) is 13.5 Å². The summed E-state index contributed by atoms with van der Waals surface area (Å²) in [4.78, 5) is 6.60. The van der Waals surface area contributed by atoms with Crippen molar-refractivity contribution in [1.82, 2.24) is 0 Å². The number of fused-ring (bicyclic) bond motifs is 6. The largest absolute Gasteiger partial charge is 0.461 e. The molecular weight excluding hydrogens is 1240 g/mol. The second-order valence-electron chi connectivity index (χ2n) is 13.4. The fourth-order valence-electron chi connectivity index (χ4n) is 6.73. The van der Waals surface area contributed by atoms with Crippen LogP contribution in [0.4, 0.5) is 0 Å². The van der Waals surface area contributed by atoms with Crippen molar-refractivity contribution in [1.29, 1.82) is 0 Å². The van der Waals surface area contributed by atoms with Gasteiger partial charge in [0.1, 0.15) is 0 Å². The summed E-state index contributed by atoms with van der Waals surface area (Å²) in [5.74, 6) is 3.40. The van der Waals surface area contributed by atoms with Gasteiger partial charge in [-0.25, -0.2) is 0 Å². The summed E-state index contributed by atoms with van der Waals surface area (Å²) < 4.78 is 72.5. The van der Waals surface area contributed by atoms with E-state index in [1.807, 2.05) is 107 Å². The monoisotopic (exact) mass is 1260 g/mol. The molecule has 0 atom stereocenters. The standard InChI is InChI=1S/C36H24N3O6P3S18/c1-49-25-26(50-2)62-34(61-25)31-55-19-7-13-14(8-20(19)56-31)41-46(40-13)37-47(42-15-9-21-22(10-16(15)43-47)58-32(57-21)35-63-27(51-3)28(52-4)64-35)39-48(38-46)44-17-11-23-24(12-18(17)45-48)60-33(59-23)36-65-29(53-5)30(54-6)66-36/h7-12H,1-6H3. The van der Waals surface area contributed by atoms with Crippen LogP contribution >= 0.6 is 235 Å². The zero-order chi connectivity index (χ0) is 44.7. The summed E-state index contributed by atoms with van der Waals surface area (Å²) >= 11 is 32.5. The van der Waals surface area contributed by atoms with E-state index in [0.717, 1.165) is 29.4 Å². The molecule has 0 aliphatic carbocycles. The third-order valence-corrected chi connectivity index (χ3v) is 42.3. The molecule has 0 amide bonds. The number of nitrogens with zero attached hydrogens (tertiary/aromatic N) is 3. The maximum Gasteiger partial charge on any atom is 0.461 e. The summed E-state index contributed by atoms with van der Waals surface area (Å²) in [5, 5.41) is 0. The summed E-state index contributed by atoms with van der Waals surface area (Å²) in [6.45, 7) is 0. The molecular formula is C36H24N3O6P3S18. The minimum absolute atomic E-state index is 0.567. The van der Waals surface area contributed by atoms with Crippen molar-refractivity contribution < 1.29 is 27.1 Å². The zero-order valence-corrected chi connectivity index (χ0v) is 51.3. The summed E-state index contributed by atoms with van der Waals surface area (Å²) in [5.41, 5.74) is 0. The number of hydrogen-bond donors (Lipinski definition) is 0. The van der Waals surface area contributed by atoms with Crippen LogP contribution in [0.15, 0.2) is 130 Å². The fraction of sp³-hybridized carbons (Fsp3) is 0.167. The van der Waals surface area contributed by atoms with Gasteiger partial charge in [0.15, 0.2) is 34.5 Å². The molecule has 0 unspecified atom stereocenters. The molecule has 13 rings (SSSR count). The molecule has 0 aromatic heterocycles. The van der Waals surface area contributed by atoms with E-state index in [4.69, 9.17) is 40.7 Å². The molecule has 10 aliphatic heterocycles. The highest BCUT2D eigenvalue weighted by molar-refractivity contribution is 8.43. The first kappa shape index (κ1) is 47.6. The summed E-state index contributed by atoms with van der Waals surface area (Å²) in [6.07, 6.45) is 12.9. The minimum Gasteiger partial charge on any atom is -0.409 e. The molecule has 342 valence electrons. The molecule has 0 radical (unpaired) electrons. The van der Waals surface area contributed by atoms with E-state index in [1.54, 1.807) is 141 Å². The van der Waals surface area contributed by atoms with Crippen LogP contribution in [0, 0.1) is 0 Å². The van der Waals surface area contributed by atoms with E-state index in [1.165, 1.54) is 50.8 Å². The summed E-state index contributed by atoms with van der Waals surface area (Å²) in [7, 11) is -10.7. The van der Waals surface area contributed by atoms with E-state index < -0.39 is 23.0 Å². The van der Waals surface area contributed by atoms with Gasteiger partial charge in [-0.1, -0.05) is 155 Å². The van der Waals surface area contributed by atoms with Gasteiger partial charge < -0.3 is 27.1 Å². The van der Waals surface area contributed by atoms with Crippen molar-refractivity contribution in [3.63, 3.8) is 0 Å². The van der Waals surface area contributed by atoms with Crippen LogP contribution < -0.4 is 27.1 Å². The molecule has 3 aromatic rings. The SMILES string of the molecule is CSC1=C(SC)SC(=C2Sc3cc4c(cc3S2)OP2(=NP3(=NP5(=N2)Oc2cc6c(cc2O5)SC(=C2SC(SC)=C(SC)S2)S6)Oc2cc5c(cc2O3)SC(=C2SC(SC)=C(SC)S2)S5)O4)S1. The lowest BCUT2D eigenvalue weighted by Gasteiger charge is -2.24. The number of thioether (sulfide) groups is 18. The Hall–Kier alpha value is 1.89. The quantitative estimate of drug-likeness (QED) is 0.219. The van der Waals surface area contributed by atoms with Crippen molar-refractivity contribution >= 4 is 235 Å². The van der Waals surface area contributed by atoms with Crippen LogP contribution in [0.1, 0.15) is 0 Å². The Bertz CT molecular complexity index is 2680. The highest BCUT2D eigenvalue weighted by atomic mass is 32.3. The van der Waals surface area contributed by atoms with Crippen LogP contribution in [0.5, 0.6) is 34.5 Å². The molecule has 3 aromatic carbocycles. The average Bonchev–Trinajstić information content (AvgIpc) is 4.16. The smallest absolute Gasteiger partial charge is 0.409 e.